The van der Waals surface area contributed by atoms with Crippen molar-refractivity contribution < 1.29 is 0 Å². The maximum atomic E-state index is 6.04. The molecule has 3 heteroatoms. The van der Waals surface area contributed by atoms with Crippen molar-refractivity contribution in [3.05, 3.63) is 33.3 Å². The summed E-state index contributed by atoms with van der Waals surface area (Å²) in [6.45, 7) is 3.13. The molecule has 0 aromatic heterocycles. The third-order valence-electron chi connectivity index (χ3n) is 2.55. The topological polar surface area (TPSA) is 12.0 Å². The van der Waals surface area contributed by atoms with Gasteiger partial charge in [-0.25, -0.2) is 0 Å². The van der Waals surface area contributed by atoms with Crippen LogP contribution in [0.1, 0.15) is 37.8 Å². The zero-order valence-corrected chi connectivity index (χ0v) is 12.3. The van der Waals surface area contributed by atoms with Crippen LogP contribution in [0.5, 0.6) is 0 Å². The van der Waals surface area contributed by atoms with Gasteiger partial charge in [-0.3, -0.25) is 0 Å². The fourth-order valence-corrected chi connectivity index (χ4v) is 2.40. The van der Waals surface area contributed by atoms with Crippen LogP contribution in [0.3, 0.4) is 0 Å². The number of benzene rings is 1. The molecule has 0 radical (unpaired) electrons. The molecule has 1 rings (SSSR count). The fraction of sp³-hybridized carbons (Fsp3) is 0.429. The van der Waals surface area contributed by atoms with E-state index in [9.17, 15) is 0 Å². The molecule has 0 saturated carbocycles. The smallest absolute Gasteiger partial charge is 0.0410 e. The summed E-state index contributed by atoms with van der Waals surface area (Å²) in [5.74, 6) is 2.69. The highest BCUT2D eigenvalue weighted by Gasteiger charge is 2.13. The number of nitrogens with one attached hydrogen (secondary N) is 1. The molecule has 92 valence electrons. The molecule has 0 bridgehead atoms. The van der Waals surface area contributed by atoms with Crippen molar-refractivity contribution in [1.29, 1.82) is 0 Å². The number of hydrogen-bond acceptors (Lipinski definition) is 1. The quantitative estimate of drug-likeness (QED) is 0.759. The van der Waals surface area contributed by atoms with Crippen LogP contribution < -0.4 is 5.32 Å². The molecule has 17 heavy (non-hydrogen) atoms. The van der Waals surface area contributed by atoms with E-state index in [1.54, 1.807) is 0 Å². The Morgan fingerprint density at radius 2 is 2.29 bits per heavy atom. The average Bonchev–Trinajstić information content (AvgIpc) is 2.33. The lowest BCUT2D eigenvalue weighted by Gasteiger charge is -2.19. The Kier molecular flexibility index (Phi) is 6.65. The van der Waals surface area contributed by atoms with Crippen LogP contribution in [-0.2, 0) is 0 Å². The molecule has 1 atom stereocenters. The Balaban J connectivity index is 2.86. The maximum absolute atomic E-state index is 6.04. The van der Waals surface area contributed by atoms with Crippen molar-refractivity contribution in [2.75, 3.05) is 6.54 Å². The van der Waals surface area contributed by atoms with E-state index >= 15 is 0 Å². The summed E-state index contributed by atoms with van der Waals surface area (Å²) in [6, 6.07) is 6.12. The molecule has 1 aromatic rings. The van der Waals surface area contributed by atoms with Crippen LogP contribution in [0.25, 0.3) is 0 Å². The van der Waals surface area contributed by atoms with Crippen LogP contribution in [0.4, 0.5) is 0 Å². The molecule has 0 aliphatic heterocycles. The molecule has 0 heterocycles. The number of terminal acetylenes is 1. The van der Waals surface area contributed by atoms with Gasteiger partial charge in [-0.15, -0.1) is 12.3 Å². The summed E-state index contributed by atoms with van der Waals surface area (Å²) in [4.78, 5) is 0. The second-order valence-corrected chi connectivity index (χ2v) is 5.21. The van der Waals surface area contributed by atoms with Gasteiger partial charge >= 0.3 is 0 Å². The van der Waals surface area contributed by atoms with E-state index in [1.165, 1.54) is 5.56 Å². The predicted molar refractivity (Wildman–Crippen MR) is 78.3 cm³/mol. The summed E-state index contributed by atoms with van der Waals surface area (Å²) < 4.78 is 1.08. The first-order chi connectivity index (χ1) is 8.19. The number of rotatable bonds is 6. The van der Waals surface area contributed by atoms with Crippen LogP contribution in [0.2, 0.25) is 5.02 Å². The molecule has 1 N–H and O–H groups in total. The first kappa shape index (κ1) is 14.6. The van der Waals surface area contributed by atoms with Crippen LogP contribution in [-0.4, -0.2) is 6.54 Å². The Hall–Kier alpha value is -0.490. The highest BCUT2D eigenvalue weighted by Crippen LogP contribution is 2.29. The molecule has 0 fully saturated rings. The summed E-state index contributed by atoms with van der Waals surface area (Å²) in [6.07, 6.45) is 8.13. The van der Waals surface area contributed by atoms with Crippen molar-refractivity contribution in [2.45, 2.75) is 32.2 Å². The molecule has 0 spiro atoms. The van der Waals surface area contributed by atoms with Crippen molar-refractivity contribution >= 4 is 27.5 Å². The highest BCUT2D eigenvalue weighted by molar-refractivity contribution is 9.10. The third-order valence-corrected chi connectivity index (χ3v) is 3.51. The number of halogens is 2. The minimum Gasteiger partial charge on any atom is -0.310 e. The van der Waals surface area contributed by atoms with Crippen molar-refractivity contribution in [2.24, 2.45) is 0 Å². The third kappa shape index (κ3) is 4.71. The lowest BCUT2D eigenvalue weighted by Crippen LogP contribution is -2.22. The Morgan fingerprint density at radius 3 is 2.94 bits per heavy atom. The molecular formula is C14H17BrClN. The summed E-state index contributed by atoms with van der Waals surface area (Å²) in [5, 5.41) is 4.26. The average molecular weight is 315 g/mol. The van der Waals surface area contributed by atoms with Crippen molar-refractivity contribution in [3.8, 4) is 12.3 Å². The molecule has 1 nitrogen and oxygen atoms in total. The normalized spacial score (nSPS) is 12.1. The van der Waals surface area contributed by atoms with Gasteiger partial charge in [0.15, 0.2) is 0 Å². The van der Waals surface area contributed by atoms with Crippen LogP contribution in [0, 0.1) is 12.3 Å². The van der Waals surface area contributed by atoms with Crippen LogP contribution >= 0.6 is 27.5 Å². The first-order valence-corrected chi connectivity index (χ1v) is 6.98. The Labute approximate surface area is 117 Å². The van der Waals surface area contributed by atoms with E-state index in [0.29, 0.717) is 0 Å². The van der Waals surface area contributed by atoms with E-state index in [-0.39, 0.29) is 6.04 Å². The largest absolute Gasteiger partial charge is 0.310 e. The SMILES string of the molecule is C#CCCC(NCCC)c1cc(Cl)ccc1Br. The van der Waals surface area contributed by atoms with Gasteiger partial charge in [-0.2, -0.15) is 0 Å². The summed E-state index contributed by atoms with van der Waals surface area (Å²) in [7, 11) is 0. The maximum Gasteiger partial charge on any atom is 0.0410 e. The molecule has 1 aromatic carbocycles. The molecule has 0 amide bonds. The lowest BCUT2D eigenvalue weighted by molar-refractivity contribution is 0.504. The van der Waals surface area contributed by atoms with Crippen molar-refractivity contribution in [3.63, 3.8) is 0 Å². The number of hydrogen-bond donors (Lipinski definition) is 1. The van der Waals surface area contributed by atoms with Gasteiger partial charge < -0.3 is 5.32 Å². The van der Waals surface area contributed by atoms with Crippen molar-refractivity contribution in [1.82, 2.24) is 5.32 Å². The Morgan fingerprint density at radius 1 is 1.53 bits per heavy atom. The van der Waals surface area contributed by atoms with E-state index < -0.39 is 0 Å². The van der Waals surface area contributed by atoms with Gasteiger partial charge in [0.2, 0.25) is 0 Å². The fourth-order valence-electron chi connectivity index (χ4n) is 1.70. The minimum absolute atomic E-state index is 0.263. The van der Waals surface area contributed by atoms with E-state index in [4.69, 9.17) is 18.0 Å². The van der Waals surface area contributed by atoms with Gasteiger partial charge in [-0.1, -0.05) is 34.5 Å². The minimum atomic E-state index is 0.263. The summed E-state index contributed by atoms with van der Waals surface area (Å²) in [5.41, 5.74) is 1.18. The molecular weight excluding hydrogens is 298 g/mol. The Bertz CT molecular complexity index is 398. The van der Waals surface area contributed by atoms with Crippen LogP contribution in [0.15, 0.2) is 22.7 Å². The standard InChI is InChI=1S/C14H17BrClN/c1-3-5-6-14(17-9-4-2)12-10-11(16)7-8-13(12)15/h1,7-8,10,14,17H,4-6,9H2,2H3. The molecule has 0 saturated heterocycles. The zero-order chi connectivity index (χ0) is 12.7. The zero-order valence-electron chi connectivity index (χ0n) is 9.97. The first-order valence-electron chi connectivity index (χ1n) is 5.80. The molecule has 0 aliphatic rings. The van der Waals surface area contributed by atoms with E-state index in [1.807, 2.05) is 18.2 Å². The lowest BCUT2D eigenvalue weighted by atomic mass is 10.0. The highest BCUT2D eigenvalue weighted by atomic mass is 79.9. The van der Waals surface area contributed by atoms with E-state index in [2.05, 4.69) is 34.1 Å². The summed E-state index contributed by atoms with van der Waals surface area (Å²) >= 11 is 9.60. The predicted octanol–water partition coefficient (Wildman–Crippen LogP) is 4.56. The van der Waals surface area contributed by atoms with E-state index in [0.717, 1.165) is 35.3 Å². The monoisotopic (exact) mass is 313 g/mol. The van der Waals surface area contributed by atoms with Gasteiger partial charge in [0.05, 0.1) is 0 Å². The second-order valence-electron chi connectivity index (χ2n) is 3.92. The van der Waals surface area contributed by atoms with Gasteiger partial charge in [0.25, 0.3) is 0 Å². The van der Waals surface area contributed by atoms with Gasteiger partial charge in [0.1, 0.15) is 0 Å². The molecule has 0 aliphatic carbocycles. The van der Waals surface area contributed by atoms with Gasteiger partial charge in [-0.05, 0) is 43.1 Å². The molecule has 1 unspecified atom stereocenters. The second kappa shape index (κ2) is 7.76. The van der Waals surface area contributed by atoms with Gasteiger partial charge in [0, 0.05) is 22.0 Å².